The molecule has 0 bridgehead atoms. The maximum atomic E-state index is 13.6. The van der Waals surface area contributed by atoms with Crippen molar-refractivity contribution < 1.29 is 13.5 Å². The van der Waals surface area contributed by atoms with Crippen molar-refractivity contribution >= 4 is 11.1 Å². The van der Waals surface area contributed by atoms with Crippen molar-refractivity contribution in [2.24, 2.45) is 0 Å². The molecule has 7 heteroatoms. The summed E-state index contributed by atoms with van der Waals surface area (Å²) in [5.41, 5.74) is 4.58. The van der Waals surface area contributed by atoms with E-state index in [9.17, 15) is 4.39 Å². The minimum Gasteiger partial charge on any atom is -0.438 e. The van der Waals surface area contributed by atoms with Crippen LogP contribution in [0.2, 0.25) is 0 Å². The number of benzene rings is 2. The lowest BCUT2D eigenvalue weighted by molar-refractivity contribution is -0.0608. The largest absolute Gasteiger partial charge is 0.438 e. The molecule has 1 atom stereocenters. The Kier molecular flexibility index (Phi) is 4.54. The molecular formula is C25H19FN4O2. The third-order valence-corrected chi connectivity index (χ3v) is 5.71. The van der Waals surface area contributed by atoms with Gasteiger partial charge in [-0.2, -0.15) is 5.10 Å². The standard InChI is InChI=1S/C25H19FN4O2/c26-18-8-6-17(7-9-18)23-21(14-30(29-23)13-19-10-11-31-19)24-20-12-22(16-4-2-1-3-5-16)32-25(20)28-15-27-24/h1-9,12,14-15,19H,10-11,13H2. The molecule has 6 nitrogen and oxygen atoms in total. The van der Waals surface area contributed by atoms with Crippen LogP contribution in [0.4, 0.5) is 4.39 Å². The van der Waals surface area contributed by atoms with Gasteiger partial charge in [-0.1, -0.05) is 30.3 Å². The molecular weight excluding hydrogens is 407 g/mol. The first-order valence-electron chi connectivity index (χ1n) is 10.5. The average Bonchev–Trinajstić information content (AvgIpc) is 3.42. The van der Waals surface area contributed by atoms with Crippen LogP contribution in [0.1, 0.15) is 6.42 Å². The molecule has 1 saturated heterocycles. The summed E-state index contributed by atoms with van der Waals surface area (Å²) in [6, 6.07) is 18.2. The lowest BCUT2D eigenvalue weighted by Gasteiger charge is -2.26. The number of aromatic nitrogens is 4. The summed E-state index contributed by atoms with van der Waals surface area (Å²) >= 11 is 0. The van der Waals surface area contributed by atoms with Crippen LogP contribution < -0.4 is 0 Å². The van der Waals surface area contributed by atoms with Gasteiger partial charge in [0.15, 0.2) is 0 Å². The maximum Gasteiger partial charge on any atom is 0.230 e. The third-order valence-electron chi connectivity index (χ3n) is 5.71. The second-order valence-electron chi connectivity index (χ2n) is 7.82. The summed E-state index contributed by atoms with van der Waals surface area (Å²) in [6.45, 7) is 1.44. The number of hydrogen-bond acceptors (Lipinski definition) is 5. The molecule has 0 aliphatic carbocycles. The minimum atomic E-state index is -0.288. The van der Waals surface area contributed by atoms with Crippen molar-refractivity contribution in [3.8, 4) is 33.8 Å². The van der Waals surface area contributed by atoms with Gasteiger partial charge in [-0.25, -0.2) is 14.4 Å². The molecule has 6 rings (SSSR count). The van der Waals surface area contributed by atoms with E-state index in [1.54, 1.807) is 12.1 Å². The van der Waals surface area contributed by atoms with E-state index in [0.29, 0.717) is 12.3 Å². The molecule has 158 valence electrons. The highest BCUT2D eigenvalue weighted by Crippen LogP contribution is 2.36. The van der Waals surface area contributed by atoms with Crippen LogP contribution in [0.25, 0.3) is 44.9 Å². The van der Waals surface area contributed by atoms with Crippen LogP contribution in [-0.4, -0.2) is 32.5 Å². The van der Waals surface area contributed by atoms with Gasteiger partial charge in [-0.3, -0.25) is 4.68 Å². The highest BCUT2D eigenvalue weighted by atomic mass is 19.1. The predicted octanol–water partition coefficient (Wildman–Crippen LogP) is 5.35. The SMILES string of the molecule is Fc1ccc(-c2nn(CC3CCO3)cc2-c2ncnc3oc(-c4ccccc4)cc23)cc1. The van der Waals surface area contributed by atoms with Gasteiger partial charge in [0.25, 0.3) is 0 Å². The Morgan fingerprint density at radius 1 is 0.969 bits per heavy atom. The highest BCUT2D eigenvalue weighted by Gasteiger charge is 2.23. The van der Waals surface area contributed by atoms with Crippen molar-refractivity contribution in [2.45, 2.75) is 19.1 Å². The van der Waals surface area contributed by atoms with E-state index in [1.165, 1.54) is 18.5 Å². The topological polar surface area (TPSA) is 66.0 Å². The Morgan fingerprint density at radius 2 is 1.78 bits per heavy atom. The normalized spacial score (nSPS) is 15.7. The lowest BCUT2D eigenvalue weighted by Crippen LogP contribution is -2.31. The van der Waals surface area contributed by atoms with E-state index in [1.807, 2.05) is 47.3 Å². The summed E-state index contributed by atoms with van der Waals surface area (Å²) in [5.74, 6) is 0.435. The van der Waals surface area contributed by atoms with Gasteiger partial charge in [-0.15, -0.1) is 0 Å². The molecule has 0 radical (unpaired) electrons. The third kappa shape index (κ3) is 3.36. The van der Waals surface area contributed by atoms with Gasteiger partial charge < -0.3 is 9.15 Å². The van der Waals surface area contributed by atoms with Crippen LogP contribution in [0.15, 0.2) is 77.6 Å². The van der Waals surface area contributed by atoms with Crippen molar-refractivity contribution in [3.63, 3.8) is 0 Å². The highest BCUT2D eigenvalue weighted by molar-refractivity contribution is 5.95. The van der Waals surface area contributed by atoms with Gasteiger partial charge in [0, 0.05) is 29.5 Å². The van der Waals surface area contributed by atoms with E-state index in [0.717, 1.165) is 52.3 Å². The van der Waals surface area contributed by atoms with Gasteiger partial charge >= 0.3 is 0 Å². The van der Waals surface area contributed by atoms with Crippen LogP contribution >= 0.6 is 0 Å². The molecule has 3 aromatic heterocycles. The average molecular weight is 426 g/mol. The van der Waals surface area contributed by atoms with Crippen LogP contribution in [-0.2, 0) is 11.3 Å². The molecule has 32 heavy (non-hydrogen) atoms. The zero-order chi connectivity index (χ0) is 21.5. The molecule has 1 aliphatic rings. The second-order valence-corrected chi connectivity index (χ2v) is 7.82. The number of nitrogens with zero attached hydrogens (tertiary/aromatic N) is 4. The maximum absolute atomic E-state index is 13.6. The molecule has 1 aliphatic heterocycles. The fraction of sp³-hybridized carbons (Fsp3) is 0.160. The van der Waals surface area contributed by atoms with E-state index in [-0.39, 0.29) is 11.9 Å². The molecule has 0 amide bonds. The Morgan fingerprint density at radius 3 is 2.53 bits per heavy atom. The summed E-state index contributed by atoms with van der Waals surface area (Å²) in [7, 11) is 0. The predicted molar refractivity (Wildman–Crippen MR) is 118 cm³/mol. The molecule has 5 aromatic rings. The van der Waals surface area contributed by atoms with Crippen molar-refractivity contribution in [3.05, 3.63) is 79.0 Å². The number of halogens is 1. The molecule has 0 spiro atoms. The van der Waals surface area contributed by atoms with Gasteiger partial charge in [0.2, 0.25) is 5.71 Å². The van der Waals surface area contributed by atoms with Crippen LogP contribution in [0.5, 0.6) is 0 Å². The van der Waals surface area contributed by atoms with Gasteiger partial charge in [0.05, 0.1) is 23.7 Å². The fourth-order valence-corrected chi connectivity index (χ4v) is 3.96. The van der Waals surface area contributed by atoms with Crippen LogP contribution in [0, 0.1) is 5.82 Å². The molecule has 0 saturated carbocycles. The quantitative estimate of drug-likeness (QED) is 0.379. The fourth-order valence-electron chi connectivity index (χ4n) is 3.96. The van der Waals surface area contributed by atoms with Crippen molar-refractivity contribution in [1.29, 1.82) is 0 Å². The zero-order valence-corrected chi connectivity index (χ0v) is 17.1. The summed E-state index contributed by atoms with van der Waals surface area (Å²) in [6.07, 6.45) is 4.64. The van der Waals surface area contributed by atoms with Crippen LogP contribution in [0.3, 0.4) is 0 Å². The van der Waals surface area contributed by atoms with E-state index >= 15 is 0 Å². The first-order valence-corrected chi connectivity index (χ1v) is 10.5. The Balaban J connectivity index is 1.50. The lowest BCUT2D eigenvalue weighted by atomic mass is 10.0. The number of furan rings is 1. The monoisotopic (exact) mass is 426 g/mol. The van der Waals surface area contributed by atoms with E-state index in [2.05, 4.69) is 9.97 Å². The molecule has 2 aromatic carbocycles. The first-order chi connectivity index (χ1) is 15.7. The Bertz CT molecular complexity index is 1390. The van der Waals surface area contributed by atoms with Gasteiger partial charge in [-0.05, 0) is 36.8 Å². The molecule has 0 N–H and O–H groups in total. The summed E-state index contributed by atoms with van der Waals surface area (Å²) in [4.78, 5) is 8.92. The molecule has 1 fully saturated rings. The molecule has 1 unspecified atom stereocenters. The number of fused-ring (bicyclic) bond motifs is 1. The van der Waals surface area contributed by atoms with Gasteiger partial charge in [0.1, 0.15) is 23.6 Å². The van der Waals surface area contributed by atoms with E-state index in [4.69, 9.17) is 14.3 Å². The smallest absolute Gasteiger partial charge is 0.230 e. The first kappa shape index (κ1) is 18.9. The van der Waals surface area contributed by atoms with E-state index < -0.39 is 0 Å². The molecule has 4 heterocycles. The number of rotatable bonds is 5. The zero-order valence-electron chi connectivity index (χ0n) is 17.1. The van der Waals surface area contributed by atoms with Crippen molar-refractivity contribution in [1.82, 2.24) is 19.7 Å². The minimum absolute atomic E-state index is 0.160. The number of hydrogen-bond donors (Lipinski definition) is 0. The summed E-state index contributed by atoms with van der Waals surface area (Å²) < 4.78 is 27.0. The van der Waals surface area contributed by atoms with Crippen molar-refractivity contribution in [2.75, 3.05) is 6.61 Å². The Labute approximate surface area is 183 Å². The number of ether oxygens (including phenoxy) is 1. The second kappa shape index (κ2) is 7.69. The Hall–Kier alpha value is -3.84. The summed E-state index contributed by atoms with van der Waals surface area (Å²) in [5, 5.41) is 5.60.